The van der Waals surface area contributed by atoms with Gasteiger partial charge in [-0.2, -0.15) is 0 Å². The summed E-state index contributed by atoms with van der Waals surface area (Å²) in [5, 5.41) is 36.3. The predicted octanol–water partition coefficient (Wildman–Crippen LogP) is 1.14. The second-order valence-electron chi connectivity index (χ2n) is 3.84. The van der Waals surface area contributed by atoms with E-state index < -0.39 is 5.41 Å². The van der Waals surface area contributed by atoms with Gasteiger partial charge >= 0.3 is 0 Å². The number of hydrogen-bond acceptors (Lipinski definition) is 4. The topological polar surface area (TPSA) is 84.5 Å². The van der Waals surface area contributed by atoms with Crippen molar-refractivity contribution >= 4 is 5.71 Å². The summed E-state index contributed by atoms with van der Waals surface area (Å²) in [7, 11) is 0. The zero-order chi connectivity index (χ0) is 12.2. The SMILES string of the molecule is CCC(CO)(CO)C(=N)c1ccccc1O. The Balaban J connectivity index is 3.14. The molecule has 4 nitrogen and oxygen atoms in total. The molecule has 1 aromatic carbocycles. The number of phenols is 1. The number of nitrogens with one attached hydrogen (secondary N) is 1. The lowest BCUT2D eigenvalue weighted by Crippen LogP contribution is -2.38. The second-order valence-corrected chi connectivity index (χ2v) is 3.84. The fourth-order valence-corrected chi connectivity index (χ4v) is 1.58. The number of rotatable bonds is 5. The number of para-hydroxylation sites is 1. The van der Waals surface area contributed by atoms with E-state index >= 15 is 0 Å². The van der Waals surface area contributed by atoms with Crippen molar-refractivity contribution in [2.75, 3.05) is 13.2 Å². The molecule has 0 bridgehead atoms. The standard InChI is InChI=1S/C12H17NO3/c1-2-12(7-14,8-15)11(13)9-5-3-4-6-10(9)16/h3-6,13-16H,2,7-8H2,1H3. The van der Waals surface area contributed by atoms with Gasteiger partial charge < -0.3 is 20.7 Å². The van der Waals surface area contributed by atoms with Gasteiger partial charge in [-0.15, -0.1) is 0 Å². The van der Waals surface area contributed by atoms with Crippen LogP contribution < -0.4 is 0 Å². The third kappa shape index (κ3) is 2.08. The number of benzene rings is 1. The average molecular weight is 223 g/mol. The summed E-state index contributed by atoms with van der Waals surface area (Å²) in [6, 6.07) is 6.46. The van der Waals surface area contributed by atoms with Crippen molar-refractivity contribution in [2.45, 2.75) is 13.3 Å². The Labute approximate surface area is 94.7 Å². The molecule has 0 aliphatic heterocycles. The minimum atomic E-state index is -0.987. The maximum atomic E-state index is 9.63. The normalized spacial score (nSPS) is 11.4. The summed E-state index contributed by atoms with van der Waals surface area (Å²) >= 11 is 0. The lowest BCUT2D eigenvalue weighted by molar-refractivity contribution is 0.105. The van der Waals surface area contributed by atoms with Crippen LogP contribution in [0.15, 0.2) is 24.3 Å². The van der Waals surface area contributed by atoms with Crippen LogP contribution in [0.4, 0.5) is 0 Å². The maximum absolute atomic E-state index is 9.63. The molecule has 1 rings (SSSR count). The van der Waals surface area contributed by atoms with Crippen molar-refractivity contribution in [1.29, 1.82) is 5.41 Å². The molecule has 0 saturated heterocycles. The minimum Gasteiger partial charge on any atom is -0.507 e. The summed E-state index contributed by atoms with van der Waals surface area (Å²) in [5.41, 5.74) is -0.565. The van der Waals surface area contributed by atoms with Crippen molar-refractivity contribution in [2.24, 2.45) is 5.41 Å². The van der Waals surface area contributed by atoms with E-state index in [0.717, 1.165) is 0 Å². The highest BCUT2D eigenvalue weighted by molar-refractivity contribution is 6.04. The molecule has 0 spiro atoms. The Hall–Kier alpha value is -1.39. The highest BCUT2D eigenvalue weighted by Crippen LogP contribution is 2.29. The third-order valence-corrected chi connectivity index (χ3v) is 2.99. The van der Waals surface area contributed by atoms with Crippen LogP contribution in [-0.2, 0) is 0 Å². The fourth-order valence-electron chi connectivity index (χ4n) is 1.58. The van der Waals surface area contributed by atoms with Crippen LogP contribution in [0.5, 0.6) is 5.75 Å². The third-order valence-electron chi connectivity index (χ3n) is 2.99. The molecule has 0 aliphatic rings. The zero-order valence-electron chi connectivity index (χ0n) is 9.27. The van der Waals surface area contributed by atoms with E-state index in [9.17, 15) is 15.3 Å². The van der Waals surface area contributed by atoms with Crippen molar-refractivity contribution in [3.63, 3.8) is 0 Å². The molecule has 0 atom stereocenters. The van der Waals surface area contributed by atoms with Gasteiger partial charge in [0.05, 0.1) is 24.3 Å². The molecule has 88 valence electrons. The molecule has 0 fully saturated rings. The molecular formula is C12H17NO3. The van der Waals surface area contributed by atoms with E-state index in [2.05, 4.69) is 0 Å². The summed E-state index contributed by atoms with van der Waals surface area (Å²) in [5.74, 6) is -0.00720. The summed E-state index contributed by atoms with van der Waals surface area (Å²) in [6.07, 6.45) is 0.438. The van der Waals surface area contributed by atoms with Gasteiger partial charge in [-0.25, -0.2) is 0 Å². The van der Waals surface area contributed by atoms with Crippen LogP contribution in [-0.4, -0.2) is 34.2 Å². The van der Waals surface area contributed by atoms with Gasteiger partial charge in [0.2, 0.25) is 0 Å². The van der Waals surface area contributed by atoms with Gasteiger partial charge in [-0.1, -0.05) is 19.1 Å². The van der Waals surface area contributed by atoms with Gasteiger partial charge in [0.25, 0.3) is 0 Å². The smallest absolute Gasteiger partial charge is 0.124 e. The molecule has 0 aliphatic carbocycles. The van der Waals surface area contributed by atoms with E-state index in [1.165, 1.54) is 6.07 Å². The number of phenolic OH excluding ortho intramolecular Hbond substituents is 1. The Kier molecular flexibility index (Phi) is 4.04. The van der Waals surface area contributed by atoms with Crippen LogP contribution in [0.3, 0.4) is 0 Å². The Morgan fingerprint density at radius 1 is 1.25 bits per heavy atom. The van der Waals surface area contributed by atoms with E-state index in [1.54, 1.807) is 25.1 Å². The number of aliphatic hydroxyl groups is 2. The number of aromatic hydroxyl groups is 1. The Morgan fingerprint density at radius 2 is 1.81 bits per heavy atom. The Morgan fingerprint density at radius 3 is 2.25 bits per heavy atom. The van der Waals surface area contributed by atoms with Crippen LogP contribution in [0.1, 0.15) is 18.9 Å². The largest absolute Gasteiger partial charge is 0.507 e. The van der Waals surface area contributed by atoms with E-state index in [4.69, 9.17) is 5.41 Å². The summed E-state index contributed by atoms with van der Waals surface area (Å²) in [4.78, 5) is 0. The molecule has 4 heteroatoms. The van der Waals surface area contributed by atoms with Crippen LogP contribution in [0.25, 0.3) is 0 Å². The van der Waals surface area contributed by atoms with Crippen molar-refractivity contribution in [3.8, 4) is 5.75 Å². The van der Waals surface area contributed by atoms with E-state index in [-0.39, 0.29) is 24.7 Å². The zero-order valence-corrected chi connectivity index (χ0v) is 9.27. The molecule has 0 aromatic heterocycles. The molecule has 0 amide bonds. The average Bonchev–Trinajstić information content (AvgIpc) is 2.32. The Bertz CT molecular complexity index is 364. The van der Waals surface area contributed by atoms with Crippen molar-refractivity contribution in [1.82, 2.24) is 0 Å². The maximum Gasteiger partial charge on any atom is 0.124 e. The summed E-state index contributed by atoms with van der Waals surface area (Å²) < 4.78 is 0. The lowest BCUT2D eigenvalue weighted by Gasteiger charge is -2.29. The number of hydrogen-bond donors (Lipinski definition) is 4. The first kappa shape index (κ1) is 12.7. The van der Waals surface area contributed by atoms with Crippen LogP contribution >= 0.6 is 0 Å². The highest BCUT2D eigenvalue weighted by atomic mass is 16.3. The monoisotopic (exact) mass is 223 g/mol. The second kappa shape index (κ2) is 5.09. The van der Waals surface area contributed by atoms with Gasteiger partial charge in [-0.05, 0) is 18.6 Å². The van der Waals surface area contributed by atoms with Crippen molar-refractivity contribution in [3.05, 3.63) is 29.8 Å². The molecular weight excluding hydrogens is 206 g/mol. The van der Waals surface area contributed by atoms with Gasteiger partial charge in [-0.3, -0.25) is 0 Å². The fraction of sp³-hybridized carbons (Fsp3) is 0.417. The summed E-state index contributed by atoms with van der Waals surface area (Å²) in [6.45, 7) is 1.17. The first-order chi connectivity index (χ1) is 7.61. The van der Waals surface area contributed by atoms with E-state index in [1.807, 2.05) is 0 Å². The van der Waals surface area contributed by atoms with Crippen LogP contribution in [0.2, 0.25) is 0 Å². The van der Waals surface area contributed by atoms with Gasteiger partial charge in [0.15, 0.2) is 0 Å². The van der Waals surface area contributed by atoms with Crippen molar-refractivity contribution < 1.29 is 15.3 Å². The predicted molar refractivity (Wildman–Crippen MR) is 61.8 cm³/mol. The molecule has 0 unspecified atom stereocenters. The molecule has 0 radical (unpaired) electrons. The van der Waals surface area contributed by atoms with Crippen LogP contribution in [0, 0.1) is 10.8 Å². The molecule has 16 heavy (non-hydrogen) atoms. The first-order valence-corrected chi connectivity index (χ1v) is 5.20. The minimum absolute atomic E-state index is 0.00720. The lowest BCUT2D eigenvalue weighted by atomic mass is 9.78. The molecule has 0 saturated carbocycles. The van der Waals surface area contributed by atoms with Gasteiger partial charge in [0.1, 0.15) is 5.75 Å². The first-order valence-electron chi connectivity index (χ1n) is 5.20. The van der Waals surface area contributed by atoms with Gasteiger partial charge in [0, 0.05) is 5.56 Å². The molecule has 0 heterocycles. The molecule has 4 N–H and O–H groups in total. The quantitative estimate of drug-likeness (QED) is 0.565. The highest BCUT2D eigenvalue weighted by Gasteiger charge is 2.33. The molecule has 1 aromatic rings. The van der Waals surface area contributed by atoms with E-state index in [0.29, 0.717) is 12.0 Å². The number of aliphatic hydroxyl groups excluding tert-OH is 2.